The molecule has 3 atom stereocenters. The predicted molar refractivity (Wildman–Crippen MR) is 196 cm³/mol. The first-order chi connectivity index (χ1) is 23.1. The van der Waals surface area contributed by atoms with Gasteiger partial charge in [0.1, 0.15) is 0 Å². The third kappa shape index (κ3) is 6.08. The van der Waals surface area contributed by atoms with Gasteiger partial charge in [0.25, 0.3) is 0 Å². The van der Waals surface area contributed by atoms with Crippen molar-refractivity contribution in [1.29, 1.82) is 0 Å². The molecule has 47 heavy (non-hydrogen) atoms. The fraction of sp³-hybridized carbons (Fsp3) is 0.171. The van der Waals surface area contributed by atoms with E-state index in [1.807, 2.05) is 115 Å². The minimum absolute atomic E-state index is 0.0392. The third-order valence-corrected chi connectivity index (χ3v) is 15.9. The van der Waals surface area contributed by atoms with E-state index in [0.29, 0.717) is 26.1 Å². The van der Waals surface area contributed by atoms with E-state index < -0.39 is 14.6 Å². The van der Waals surface area contributed by atoms with Crippen LogP contribution in [0.15, 0.2) is 175 Å². The normalized spacial score (nSPS) is 21.0. The molecule has 0 aromatic heterocycles. The lowest BCUT2D eigenvalue weighted by Gasteiger charge is -2.35. The maximum Gasteiger partial charge on any atom is 0.207 e. The van der Waals surface area contributed by atoms with Crippen LogP contribution < -0.4 is 15.9 Å². The lowest BCUT2D eigenvalue weighted by atomic mass is 9.89. The Kier molecular flexibility index (Phi) is 9.39. The summed E-state index contributed by atoms with van der Waals surface area (Å²) < 4.78 is 35.8. The molecular formula is C41H40N2O2P2. The summed E-state index contributed by atoms with van der Waals surface area (Å²) in [6.45, 7) is 1.71. The van der Waals surface area contributed by atoms with Crippen molar-refractivity contribution in [3.8, 4) is 0 Å². The van der Waals surface area contributed by atoms with Gasteiger partial charge >= 0.3 is 0 Å². The maximum absolute atomic E-state index is 15.7. The van der Waals surface area contributed by atoms with Crippen LogP contribution >= 0.6 is 14.6 Å². The van der Waals surface area contributed by atoms with Crippen LogP contribution in [-0.4, -0.2) is 22.4 Å². The molecule has 1 saturated heterocycles. The molecule has 0 spiro atoms. The number of benzene rings is 5. The van der Waals surface area contributed by atoms with Gasteiger partial charge in [0, 0.05) is 46.8 Å². The zero-order valence-electron chi connectivity index (χ0n) is 26.5. The van der Waals surface area contributed by atoms with E-state index in [1.165, 1.54) is 5.56 Å². The van der Waals surface area contributed by atoms with E-state index in [-0.39, 0.29) is 12.0 Å². The molecule has 0 saturated carbocycles. The summed E-state index contributed by atoms with van der Waals surface area (Å²) in [5.74, 6) is 0.0392. The molecule has 4 nitrogen and oxygen atoms in total. The number of hydrogen-bond donors (Lipinski definition) is 0. The second-order valence-corrected chi connectivity index (χ2v) is 17.7. The zero-order chi connectivity index (χ0) is 32.1. The van der Waals surface area contributed by atoms with Crippen LogP contribution in [0.2, 0.25) is 0 Å². The fourth-order valence-electron chi connectivity index (χ4n) is 7.25. The molecule has 6 heteroatoms. The van der Waals surface area contributed by atoms with Crippen molar-refractivity contribution in [3.63, 3.8) is 0 Å². The van der Waals surface area contributed by atoms with Gasteiger partial charge in [0.05, 0.1) is 6.04 Å². The first kappa shape index (κ1) is 31.6. The van der Waals surface area contributed by atoms with Gasteiger partial charge in [0.15, 0.2) is 0 Å². The van der Waals surface area contributed by atoms with Crippen LogP contribution in [0.25, 0.3) is 0 Å². The minimum Gasteiger partial charge on any atom is -0.297 e. The summed E-state index contributed by atoms with van der Waals surface area (Å²) in [4.78, 5) is 0. The van der Waals surface area contributed by atoms with Crippen molar-refractivity contribution in [3.05, 3.63) is 186 Å². The van der Waals surface area contributed by atoms with Gasteiger partial charge in [-0.3, -0.25) is 9.13 Å². The Morgan fingerprint density at radius 1 is 0.702 bits per heavy atom. The van der Waals surface area contributed by atoms with Crippen molar-refractivity contribution in [2.24, 2.45) is 5.92 Å². The second-order valence-electron chi connectivity index (χ2n) is 12.2. The van der Waals surface area contributed by atoms with E-state index in [2.05, 4.69) is 64.0 Å². The number of allylic oxidation sites excluding steroid dienone is 2. The van der Waals surface area contributed by atoms with Gasteiger partial charge in [-0.1, -0.05) is 133 Å². The standard InChI is InChI=1S/C41H40N2O2P2/c44-46(36-23-10-3-11-24-36,37-25-12-4-13-26-37)42(33-34-19-6-1-7-20-34)31-18-32-43-41(35-21-8-2-9-22-35)39-29-16-17-30-40(39)47(43,45)38-27-14-5-15-28-38/h1-16,19-30,39,41H,17-18,31-33H2/t39-,41+,47+/m0/s1. The Balaban J connectivity index is 1.28. The van der Waals surface area contributed by atoms with Gasteiger partial charge in [-0.05, 0) is 60.4 Å². The second kappa shape index (κ2) is 14.0. The molecule has 2 aliphatic rings. The quantitative estimate of drug-likeness (QED) is 0.105. The monoisotopic (exact) mass is 654 g/mol. The molecule has 0 radical (unpaired) electrons. The summed E-state index contributed by atoms with van der Waals surface area (Å²) in [6.07, 6.45) is 8.17. The van der Waals surface area contributed by atoms with Crippen LogP contribution in [0.4, 0.5) is 0 Å². The summed E-state index contributed by atoms with van der Waals surface area (Å²) in [5.41, 5.74) is 2.28. The van der Waals surface area contributed by atoms with Gasteiger partial charge in [-0.15, -0.1) is 0 Å². The molecule has 1 aliphatic carbocycles. The van der Waals surface area contributed by atoms with Crippen LogP contribution in [0.3, 0.4) is 0 Å². The van der Waals surface area contributed by atoms with E-state index in [9.17, 15) is 0 Å². The fourth-order valence-corrected chi connectivity index (χ4v) is 13.6. The summed E-state index contributed by atoms with van der Waals surface area (Å²) in [7, 11) is -6.34. The first-order valence-corrected chi connectivity index (χ1v) is 19.8. The van der Waals surface area contributed by atoms with Crippen LogP contribution in [-0.2, 0) is 15.7 Å². The van der Waals surface area contributed by atoms with E-state index >= 15 is 9.13 Å². The molecule has 1 fully saturated rings. The highest BCUT2D eigenvalue weighted by Gasteiger charge is 2.53. The molecule has 0 amide bonds. The highest BCUT2D eigenvalue weighted by molar-refractivity contribution is 7.76. The molecule has 0 unspecified atom stereocenters. The lowest BCUT2D eigenvalue weighted by Crippen LogP contribution is -2.35. The number of fused-ring (bicyclic) bond motifs is 1. The Hall–Kier alpha value is -4.04. The SMILES string of the molecule is O=P(c1ccccc1)(c1ccccc1)N(CCCN1[C@H](c2ccccc2)[C@H]2C=CCC=C2[P@]1(=O)c1ccccc1)Cc1ccccc1. The largest absolute Gasteiger partial charge is 0.297 e. The molecule has 5 aromatic carbocycles. The number of hydrogen-bond acceptors (Lipinski definition) is 2. The summed E-state index contributed by atoms with van der Waals surface area (Å²) in [6, 6.07) is 50.6. The molecule has 236 valence electrons. The minimum atomic E-state index is -3.23. The zero-order valence-corrected chi connectivity index (χ0v) is 28.3. The molecule has 5 aromatic rings. The van der Waals surface area contributed by atoms with Gasteiger partial charge in [0.2, 0.25) is 14.6 Å². The van der Waals surface area contributed by atoms with Crippen LogP contribution in [0, 0.1) is 5.92 Å². The summed E-state index contributed by atoms with van der Waals surface area (Å²) in [5, 5.41) is 3.56. The highest BCUT2D eigenvalue weighted by atomic mass is 31.2. The average Bonchev–Trinajstić information content (AvgIpc) is 3.41. The molecule has 7 rings (SSSR count). The lowest BCUT2D eigenvalue weighted by molar-refractivity contribution is 0.301. The van der Waals surface area contributed by atoms with Crippen molar-refractivity contribution in [2.45, 2.75) is 25.4 Å². The van der Waals surface area contributed by atoms with Gasteiger partial charge < -0.3 is 0 Å². The van der Waals surface area contributed by atoms with Crippen molar-refractivity contribution in [2.75, 3.05) is 13.1 Å². The van der Waals surface area contributed by atoms with Crippen molar-refractivity contribution in [1.82, 2.24) is 9.34 Å². The Bertz CT molecular complexity index is 1890. The van der Waals surface area contributed by atoms with Crippen LogP contribution in [0.1, 0.15) is 30.0 Å². The molecular weight excluding hydrogens is 614 g/mol. The third-order valence-electron chi connectivity index (χ3n) is 9.39. The number of rotatable bonds is 11. The van der Waals surface area contributed by atoms with Gasteiger partial charge in [-0.2, -0.15) is 0 Å². The highest BCUT2D eigenvalue weighted by Crippen LogP contribution is 2.71. The predicted octanol–water partition coefficient (Wildman–Crippen LogP) is 8.93. The maximum atomic E-state index is 15.7. The Morgan fingerprint density at radius 3 is 1.83 bits per heavy atom. The van der Waals surface area contributed by atoms with E-state index in [0.717, 1.165) is 33.2 Å². The topological polar surface area (TPSA) is 40.6 Å². The average molecular weight is 655 g/mol. The Morgan fingerprint density at radius 2 is 1.23 bits per heavy atom. The smallest absolute Gasteiger partial charge is 0.207 e. The molecule has 1 aliphatic heterocycles. The number of nitrogens with zero attached hydrogens (tertiary/aromatic N) is 2. The van der Waals surface area contributed by atoms with Crippen molar-refractivity contribution < 1.29 is 9.13 Å². The first-order valence-electron chi connectivity index (χ1n) is 16.5. The molecule has 0 bridgehead atoms. The molecule has 0 N–H and O–H groups in total. The molecule has 1 heterocycles. The van der Waals surface area contributed by atoms with Gasteiger partial charge in [-0.25, -0.2) is 9.34 Å². The Labute approximate surface area is 278 Å². The summed E-state index contributed by atoms with van der Waals surface area (Å²) >= 11 is 0. The van der Waals surface area contributed by atoms with E-state index in [1.54, 1.807) is 0 Å². The van der Waals surface area contributed by atoms with Crippen LogP contribution in [0.5, 0.6) is 0 Å². The van der Waals surface area contributed by atoms with E-state index in [4.69, 9.17) is 0 Å². The van der Waals surface area contributed by atoms with Crippen molar-refractivity contribution >= 4 is 30.5 Å².